The summed E-state index contributed by atoms with van der Waals surface area (Å²) in [4.78, 5) is 25.9. The zero-order valence-corrected chi connectivity index (χ0v) is 13.4. The van der Waals surface area contributed by atoms with E-state index in [0.717, 1.165) is 4.88 Å². The van der Waals surface area contributed by atoms with Crippen molar-refractivity contribution in [3.8, 4) is 0 Å². The number of carboxylic acid groups (broad SMARTS) is 1. The Kier molecular flexibility index (Phi) is 4.29. The topological polar surface area (TPSA) is 77.8 Å². The molecular weight excluding hydrogens is 322 g/mol. The zero-order chi connectivity index (χ0) is 15.9. The monoisotopic (exact) mass is 339 g/mol. The zero-order valence-electron chi connectivity index (χ0n) is 11.8. The minimum Gasteiger partial charge on any atom is -0.480 e. The first-order chi connectivity index (χ1) is 10.6. The summed E-state index contributed by atoms with van der Waals surface area (Å²) < 4.78 is 0. The van der Waals surface area contributed by atoms with Crippen molar-refractivity contribution in [2.75, 3.05) is 5.75 Å². The molecule has 0 spiro atoms. The normalized spacial score (nSPS) is 29.6. The number of aliphatic hydroxyl groups is 1. The van der Waals surface area contributed by atoms with Crippen LogP contribution in [-0.4, -0.2) is 50.3 Å². The van der Waals surface area contributed by atoms with E-state index in [1.807, 2.05) is 17.5 Å². The number of allylic oxidation sites excluding steroid dienone is 1. The van der Waals surface area contributed by atoms with Crippen molar-refractivity contribution in [1.82, 2.24) is 4.90 Å². The number of amides is 1. The van der Waals surface area contributed by atoms with Gasteiger partial charge in [-0.1, -0.05) is 12.1 Å². The van der Waals surface area contributed by atoms with Crippen molar-refractivity contribution in [3.05, 3.63) is 35.0 Å². The lowest BCUT2D eigenvalue weighted by Gasteiger charge is -2.46. The van der Waals surface area contributed by atoms with Crippen LogP contribution in [0.1, 0.15) is 17.2 Å². The molecule has 118 valence electrons. The van der Waals surface area contributed by atoms with Gasteiger partial charge in [0.2, 0.25) is 5.91 Å². The molecule has 5 atom stereocenters. The number of carbonyl (C=O) groups is 2. The summed E-state index contributed by atoms with van der Waals surface area (Å²) in [5, 5.41) is 21.6. The molecule has 3 heterocycles. The molecule has 7 heteroatoms. The second-order valence-electron chi connectivity index (χ2n) is 5.49. The van der Waals surface area contributed by atoms with Gasteiger partial charge in [0.15, 0.2) is 0 Å². The number of nitrogens with zero attached hydrogens (tertiary/aromatic N) is 1. The highest BCUT2D eigenvalue weighted by molar-refractivity contribution is 8.00. The minimum absolute atomic E-state index is 0.168. The fraction of sp³-hybridized carbons (Fsp3) is 0.467. The van der Waals surface area contributed by atoms with Crippen LogP contribution in [0.4, 0.5) is 0 Å². The predicted molar refractivity (Wildman–Crippen MR) is 85.9 cm³/mol. The van der Waals surface area contributed by atoms with Gasteiger partial charge in [-0.25, -0.2) is 4.79 Å². The number of hydrogen-bond acceptors (Lipinski definition) is 5. The molecular formula is C15H17NO4S2. The first-order valence-electron chi connectivity index (χ1n) is 7.05. The molecule has 2 saturated heterocycles. The van der Waals surface area contributed by atoms with E-state index in [9.17, 15) is 14.7 Å². The quantitative estimate of drug-likeness (QED) is 0.610. The Bertz CT molecular complexity index is 588. The maximum Gasteiger partial charge on any atom is 0.327 e. The maximum absolute atomic E-state index is 12.3. The summed E-state index contributed by atoms with van der Waals surface area (Å²) in [5.74, 6) is -1.53. The third kappa shape index (κ3) is 2.37. The van der Waals surface area contributed by atoms with Crippen LogP contribution in [0.15, 0.2) is 30.2 Å². The number of aliphatic carboxylic acids is 1. The summed E-state index contributed by atoms with van der Waals surface area (Å²) in [6, 6.07) is 3.11. The molecule has 3 rings (SSSR count). The number of carbonyl (C=O) groups excluding carboxylic acids is 1. The Morgan fingerprint density at radius 2 is 2.36 bits per heavy atom. The van der Waals surface area contributed by atoms with Gasteiger partial charge in [0, 0.05) is 16.5 Å². The molecule has 2 aliphatic rings. The number of aliphatic hydroxyl groups excluding tert-OH is 1. The summed E-state index contributed by atoms with van der Waals surface area (Å²) >= 11 is 2.99. The van der Waals surface area contributed by atoms with E-state index in [-0.39, 0.29) is 17.2 Å². The van der Waals surface area contributed by atoms with Crippen molar-refractivity contribution >= 4 is 35.0 Å². The maximum atomic E-state index is 12.3. The second kappa shape index (κ2) is 6.06. The van der Waals surface area contributed by atoms with Gasteiger partial charge in [0.25, 0.3) is 0 Å². The van der Waals surface area contributed by atoms with Gasteiger partial charge in [-0.05, 0) is 17.9 Å². The standard InChI is InChI=1S/C15H17NO4S2/c1-2-4-8(10-5-3-6-21-10)12(17)11-13(18)16-9(15(19)20)7-22-14(11)16/h2-3,5-6,8-9,11-12,14,17H,1,4,7H2,(H,19,20)/t8-,9?,11?,12-,14?/m0/s1. The smallest absolute Gasteiger partial charge is 0.327 e. The molecule has 22 heavy (non-hydrogen) atoms. The Morgan fingerprint density at radius 3 is 2.95 bits per heavy atom. The number of thiophene rings is 1. The summed E-state index contributed by atoms with van der Waals surface area (Å²) in [5.41, 5.74) is 0. The highest BCUT2D eigenvalue weighted by atomic mass is 32.2. The highest BCUT2D eigenvalue weighted by Gasteiger charge is 2.59. The van der Waals surface area contributed by atoms with Crippen molar-refractivity contribution in [3.63, 3.8) is 0 Å². The number of rotatable bonds is 6. The van der Waals surface area contributed by atoms with Crippen LogP contribution in [-0.2, 0) is 9.59 Å². The van der Waals surface area contributed by atoms with Crippen LogP contribution in [0.2, 0.25) is 0 Å². The molecule has 0 aliphatic carbocycles. The SMILES string of the molecule is C=CC[C@@H](c1cccs1)[C@H](O)C1C(=O)N2C(C(=O)O)CSC12. The fourth-order valence-corrected chi connectivity index (χ4v) is 5.62. The summed E-state index contributed by atoms with van der Waals surface area (Å²) in [7, 11) is 0. The summed E-state index contributed by atoms with van der Waals surface area (Å²) in [6.07, 6.45) is 1.52. The molecule has 2 fully saturated rings. The van der Waals surface area contributed by atoms with Gasteiger partial charge in [-0.3, -0.25) is 4.79 Å². The van der Waals surface area contributed by atoms with Crippen molar-refractivity contribution in [2.24, 2.45) is 5.92 Å². The lowest BCUT2D eigenvalue weighted by molar-refractivity contribution is -0.167. The summed E-state index contributed by atoms with van der Waals surface area (Å²) in [6.45, 7) is 3.73. The molecule has 1 amide bonds. The molecule has 0 radical (unpaired) electrons. The number of β-lactam (4-membered cyclic amide) rings is 1. The van der Waals surface area contributed by atoms with Gasteiger partial charge in [0.1, 0.15) is 6.04 Å². The predicted octanol–water partition coefficient (Wildman–Crippen LogP) is 1.75. The fourth-order valence-electron chi connectivity index (χ4n) is 3.16. The molecule has 1 aromatic rings. The van der Waals surface area contributed by atoms with Crippen LogP contribution >= 0.6 is 23.1 Å². The van der Waals surface area contributed by atoms with Crippen LogP contribution < -0.4 is 0 Å². The molecule has 5 nitrogen and oxygen atoms in total. The molecule has 2 aliphatic heterocycles. The molecule has 0 saturated carbocycles. The average Bonchev–Trinajstić information content (AvgIpc) is 3.11. The largest absolute Gasteiger partial charge is 0.480 e. The van der Waals surface area contributed by atoms with E-state index in [0.29, 0.717) is 12.2 Å². The van der Waals surface area contributed by atoms with Crippen molar-refractivity contribution in [2.45, 2.75) is 29.9 Å². The average molecular weight is 339 g/mol. The Balaban J connectivity index is 1.78. The van der Waals surface area contributed by atoms with Gasteiger partial charge >= 0.3 is 5.97 Å². The lowest BCUT2D eigenvalue weighted by atomic mass is 9.81. The molecule has 2 N–H and O–H groups in total. The van der Waals surface area contributed by atoms with E-state index >= 15 is 0 Å². The Labute approximate surface area is 136 Å². The second-order valence-corrected chi connectivity index (χ2v) is 7.62. The molecule has 1 aromatic heterocycles. The number of hydrogen-bond donors (Lipinski definition) is 2. The highest BCUT2D eigenvalue weighted by Crippen LogP contribution is 2.48. The van der Waals surface area contributed by atoms with Crippen LogP contribution in [0.5, 0.6) is 0 Å². The third-order valence-corrected chi connectivity index (χ3v) is 6.65. The number of fused-ring (bicyclic) bond motifs is 1. The van der Waals surface area contributed by atoms with E-state index in [2.05, 4.69) is 6.58 Å². The van der Waals surface area contributed by atoms with Gasteiger partial charge in [-0.2, -0.15) is 0 Å². The number of thioether (sulfide) groups is 1. The van der Waals surface area contributed by atoms with Crippen LogP contribution in [0.3, 0.4) is 0 Å². The van der Waals surface area contributed by atoms with E-state index in [4.69, 9.17) is 5.11 Å². The van der Waals surface area contributed by atoms with Crippen LogP contribution in [0.25, 0.3) is 0 Å². The van der Waals surface area contributed by atoms with Gasteiger partial charge in [0.05, 0.1) is 17.4 Å². The minimum atomic E-state index is -0.975. The molecule has 3 unspecified atom stereocenters. The Hall–Kier alpha value is -1.31. The van der Waals surface area contributed by atoms with E-state index in [1.54, 1.807) is 17.4 Å². The first-order valence-corrected chi connectivity index (χ1v) is 8.98. The lowest BCUT2D eigenvalue weighted by Crippen LogP contribution is -2.65. The molecule has 0 aromatic carbocycles. The van der Waals surface area contributed by atoms with Gasteiger partial charge in [-0.15, -0.1) is 29.7 Å². The first kappa shape index (κ1) is 15.6. The third-order valence-electron chi connectivity index (χ3n) is 4.28. The van der Waals surface area contributed by atoms with Crippen molar-refractivity contribution in [1.29, 1.82) is 0 Å². The van der Waals surface area contributed by atoms with E-state index in [1.165, 1.54) is 16.7 Å². The van der Waals surface area contributed by atoms with Crippen molar-refractivity contribution < 1.29 is 19.8 Å². The van der Waals surface area contributed by atoms with Crippen LogP contribution in [0, 0.1) is 5.92 Å². The Morgan fingerprint density at radius 1 is 1.59 bits per heavy atom. The van der Waals surface area contributed by atoms with Gasteiger partial charge < -0.3 is 15.1 Å². The van der Waals surface area contributed by atoms with E-state index < -0.39 is 24.0 Å². The molecule has 0 bridgehead atoms. The number of carboxylic acids is 1.